The van der Waals surface area contributed by atoms with Crippen molar-refractivity contribution in [2.45, 2.75) is 64.8 Å². The highest BCUT2D eigenvalue weighted by Crippen LogP contribution is 2.30. The van der Waals surface area contributed by atoms with Gasteiger partial charge in [0.05, 0.1) is 0 Å². The van der Waals surface area contributed by atoms with E-state index < -0.39 is 0 Å². The number of hydrogen-bond donors (Lipinski definition) is 1. The summed E-state index contributed by atoms with van der Waals surface area (Å²) in [7, 11) is 0. The second-order valence-electron chi connectivity index (χ2n) is 7.59. The predicted octanol–water partition coefficient (Wildman–Crippen LogP) is 2.23. The summed E-state index contributed by atoms with van der Waals surface area (Å²) in [6.45, 7) is 9.38. The molecule has 0 aromatic heterocycles. The number of likely N-dealkylation sites (tertiary alicyclic amines) is 2. The molecule has 0 bridgehead atoms. The van der Waals surface area contributed by atoms with Crippen molar-refractivity contribution in [3.8, 4) is 0 Å². The third kappa shape index (κ3) is 4.96. The molecule has 0 radical (unpaired) electrons. The molecule has 4 heteroatoms. The number of piperidine rings is 1. The topological polar surface area (TPSA) is 49.6 Å². The molecule has 2 aliphatic heterocycles. The Morgan fingerprint density at radius 3 is 2.43 bits per heavy atom. The summed E-state index contributed by atoms with van der Waals surface area (Å²) in [5.74, 6) is 0.314. The monoisotopic (exact) mass is 295 g/mol. The molecule has 0 aromatic rings. The summed E-state index contributed by atoms with van der Waals surface area (Å²) in [5.41, 5.74) is 6.42. The third-order valence-electron chi connectivity index (χ3n) is 5.28. The van der Waals surface area contributed by atoms with E-state index in [1.807, 2.05) is 4.90 Å². The second-order valence-corrected chi connectivity index (χ2v) is 7.59. The predicted molar refractivity (Wildman–Crippen MR) is 87.1 cm³/mol. The highest BCUT2D eigenvalue weighted by Gasteiger charge is 2.28. The first-order valence-electron chi connectivity index (χ1n) is 8.74. The van der Waals surface area contributed by atoms with E-state index >= 15 is 0 Å². The largest absolute Gasteiger partial charge is 0.343 e. The Balaban J connectivity index is 1.88. The number of rotatable bonds is 4. The van der Waals surface area contributed by atoms with Crippen molar-refractivity contribution >= 4 is 5.91 Å². The number of amides is 1. The van der Waals surface area contributed by atoms with Gasteiger partial charge in [0.2, 0.25) is 5.91 Å². The lowest BCUT2D eigenvalue weighted by Crippen LogP contribution is -2.46. The van der Waals surface area contributed by atoms with E-state index in [1.54, 1.807) is 0 Å². The zero-order valence-corrected chi connectivity index (χ0v) is 13.9. The van der Waals surface area contributed by atoms with E-state index in [4.69, 9.17) is 5.73 Å². The molecule has 2 fully saturated rings. The third-order valence-corrected chi connectivity index (χ3v) is 5.28. The van der Waals surface area contributed by atoms with Crippen LogP contribution in [0, 0.1) is 5.41 Å². The molecule has 1 unspecified atom stereocenters. The van der Waals surface area contributed by atoms with Crippen LogP contribution in [0.3, 0.4) is 0 Å². The minimum Gasteiger partial charge on any atom is -0.343 e. The Morgan fingerprint density at radius 1 is 1.05 bits per heavy atom. The molecule has 122 valence electrons. The molecule has 21 heavy (non-hydrogen) atoms. The van der Waals surface area contributed by atoms with E-state index in [9.17, 15) is 4.79 Å². The van der Waals surface area contributed by atoms with Gasteiger partial charge in [-0.05, 0) is 57.0 Å². The molecular formula is C17H33N3O. The first-order chi connectivity index (χ1) is 10.0. The van der Waals surface area contributed by atoms with Crippen molar-refractivity contribution in [2.24, 2.45) is 11.1 Å². The maximum atomic E-state index is 12.5. The highest BCUT2D eigenvalue weighted by molar-refractivity contribution is 5.77. The average Bonchev–Trinajstić information content (AvgIpc) is 2.66. The van der Waals surface area contributed by atoms with Crippen LogP contribution < -0.4 is 5.73 Å². The van der Waals surface area contributed by atoms with Crippen LogP contribution in [0.2, 0.25) is 0 Å². The Kier molecular flexibility index (Phi) is 6.06. The lowest BCUT2D eigenvalue weighted by molar-refractivity contribution is -0.133. The fourth-order valence-electron chi connectivity index (χ4n) is 3.64. The molecule has 0 aromatic carbocycles. The van der Waals surface area contributed by atoms with Gasteiger partial charge in [0.25, 0.3) is 0 Å². The van der Waals surface area contributed by atoms with Gasteiger partial charge in [0.15, 0.2) is 0 Å². The van der Waals surface area contributed by atoms with Gasteiger partial charge in [-0.15, -0.1) is 0 Å². The molecule has 1 atom stereocenters. The summed E-state index contributed by atoms with van der Waals surface area (Å²) in [4.78, 5) is 17.0. The summed E-state index contributed by atoms with van der Waals surface area (Å²) in [6.07, 6.45) is 7.92. The van der Waals surface area contributed by atoms with Crippen LogP contribution in [0.5, 0.6) is 0 Å². The molecule has 2 heterocycles. The van der Waals surface area contributed by atoms with Crippen LogP contribution in [0.4, 0.5) is 0 Å². The number of nitrogens with two attached hydrogens (primary N) is 1. The van der Waals surface area contributed by atoms with Crippen molar-refractivity contribution in [3.05, 3.63) is 0 Å². The lowest BCUT2D eigenvalue weighted by Gasteiger charge is -2.33. The maximum Gasteiger partial charge on any atom is 0.224 e. The van der Waals surface area contributed by atoms with E-state index in [-0.39, 0.29) is 6.04 Å². The van der Waals surface area contributed by atoms with Crippen molar-refractivity contribution in [2.75, 3.05) is 32.7 Å². The molecule has 0 aliphatic carbocycles. The summed E-state index contributed by atoms with van der Waals surface area (Å²) in [6, 6.07) is 0.230. The summed E-state index contributed by atoms with van der Waals surface area (Å²) < 4.78 is 0. The van der Waals surface area contributed by atoms with Crippen molar-refractivity contribution in [1.82, 2.24) is 9.80 Å². The van der Waals surface area contributed by atoms with E-state index in [2.05, 4.69) is 18.7 Å². The van der Waals surface area contributed by atoms with E-state index in [0.29, 0.717) is 24.3 Å². The van der Waals surface area contributed by atoms with Crippen molar-refractivity contribution in [1.29, 1.82) is 0 Å². The Hall–Kier alpha value is -0.610. The van der Waals surface area contributed by atoms with Gasteiger partial charge in [0.1, 0.15) is 0 Å². The molecule has 2 saturated heterocycles. The number of hydrogen-bond acceptors (Lipinski definition) is 3. The number of carbonyl (C=O) groups is 1. The van der Waals surface area contributed by atoms with Gasteiger partial charge in [-0.3, -0.25) is 9.69 Å². The number of nitrogens with zero attached hydrogens (tertiary/aromatic N) is 2. The average molecular weight is 295 g/mol. The van der Waals surface area contributed by atoms with Crippen LogP contribution in [0.15, 0.2) is 0 Å². The van der Waals surface area contributed by atoms with Gasteiger partial charge in [-0.1, -0.05) is 13.8 Å². The molecule has 0 spiro atoms. The normalized spacial score (nSPS) is 25.4. The zero-order valence-electron chi connectivity index (χ0n) is 13.9. The maximum absolute atomic E-state index is 12.5. The Morgan fingerprint density at radius 2 is 1.76 bits per heavy atom. The summed E-state index contributed by atoms with van der Waals surface area (Å²) >= 11 is 0. The quantitative estimate of drug-likeness (QED) is 0.865. The van der Waals surface area contributed by atoms with E-state index in [1.165, 1.54) is 25.7 Å². The van der Waals surface area contributed by atoms with Gasteiger partial charge >= 0.3 is 0 Å². The first-order valence-corrected chi connectivity index (χ1v) is 8.74. The van der Waals surface area contributed by atoms with Crippen LogP contribution >= 0.6 is 0 Å². The molecule has 0 saturated carbocycles. The van der Waals surface area contributed by atoms with Crippen molar-refractivity contribution in [3.63, 3.8) is 0 Å². The summed E-state index contributed by atoms with van der Waals surface area (Å²) in [5, 5.41) is 0. The fraction of sp³-hybridized carbons (Fsp3) is 0.941. The molecule has 2 N–H and O–H groups in total. The van der Waals surface area contributed by atoms with Gasteiger partial charge in [-0.25, -0.2) is 0 Å². The van der Waals surface area contributed by atoms with Crippen LogP contribution in [0.1, 0.15) is 58.8 Å². The first kappa shape index (κ1) is 16.8. The minimum atomic E-state index is 0.230. The minimum absolute atomic E-state index is 0.230. The number of carbonyl (C=O) groups excluding carboxylic acids is 1. The SMILES string of the molecule is CC1(C)CCCN(C(CN)CC(=O)N2CCCCC2)CC1. The molecule has 4 nitrogen and oxygen atoms in total. The zero-order chi connectivity index (χ0) is 15.3. The fourth-order valence-corrected chi connectivity index (χ4v) is 3.64. The van der Waals surface area contributed by atoms with Crippen LogP contribution in [0.25, 0.3) is 0 Å². The van der Waals surface area contributed by atoms with Crippen LogP contribution in [-0.4, -0.2) is 54.5 Å². The van der Waals surface area contributed by atoms with Gasteiger partial charge in [0, 0.05) is 32.1 Å². The molecule has 2 aliphatic rings. The Labute approximate surface area is 130 Å². The Bertz CT molecular complexity index is 337. The van der Waals surface area contributed by atoms with E-state index in [0.717, 1.165) is 39.0 Å². The molecular weight excluding hydrogens is 262 g/mol. The molecule has 1 amide bonds. The van der Waals surface area contributed by atoms with Gasteiger partial charge in [-0.2, -0.15) is 0 Å². The smallest absolute Gasteiger partial charge is 0.224 e. The molecule has 2 rings (SSSR count). The second kappa shape index (κ2) is 7.59. The van der Waals surface area contributed by atoms with Gasteiger partial charge < -0.3 is 10.6 Å². The van der Waals surface area contributed by atoms with Crippen LogP contribution in [-0.2, 0) is 4.79 Å². The lowest BCUT2D eigenvalue weighted by atomic mass is 9.85. The highest BCUT2D eigenvalue weighted by atomic mass is 16.2. The van der Waals surface area contributed by atoms with Crippen molar-refractivity contribution < 1.29 is 4.79 Å². The standard InChI is InChI=1S/C17H33N3O/c1-17(2)7-6-11-19(12-8-17)15(14-18)13-16(21)20-9-4-3-5-10-20/h15H,3-14,18H2,1-2H3.